The van der Waals surface area contributed by atoms with Crippen LogP contribution < -0.4 is 5.14 Å². The molecule has 2 aromatic rings. The number of hydrogen-bond acceptors (Lipinski definition) is 3. The molecule has 1 amide bonds. The number of benzene rings is 2. The Bertz CT molecular complexity index is 967. The Labute approximate surface area is 161 Å². The average molecular weight is 412 g/mol. The molecule has 0 aliphatic carbocycles. The predicted octanol–water partition coefficient (Wildman–Crippen LogP) is 3.59. The Kier molecular flexibility index (Phi) is 6.30. The highest BCUT2D eigenvalue weighted by molar-refractivity contribution is 7.89. The van der Waals surface area contributed by atoms with Crippen molar-refractivity contribution in [1.82, 2.24) is 4.90 Å². The van der Waals surface area contributed by atoms with Crippen LogP contribution in [-0.4, -0.2) is 26.3 Å². The molecule has 0 aliphatic rings. The highest BCUT2D eigenvalue weighted by Gasteiger charge is 2.29. The minimum Gasteiger partial charge on any atom is -0.335 e. The van der Waals surface area contributed by atoms with Gasteiger partial charge in [-0.3, -0.25) is 4.79 Å². The Morgan fingerprint density at radius 1 is 1.07 bits per heavy atom. The summed E-state index contributed by atoms with van der Waals surface area (Å²) in [5.41, 5.74) is 0.399. The summed E-state index contributed by atoms with van der Waals surface area (Å²) in [4.78, 5) is 13.7. The van der Waals surface area contributed by atoms with Crippen molar-refractivity contribution in [2.75, 3.05) is 7.05 Å². The fraction of sp³-hybridized carbons (Fsp3) is 0.211. The standard InChI is InChI=1S/C19H19F3N2O3S/c1-13(15-6-10-17(11-7-15)28(23,26)27)24(2)18(25)12-5-14-3-8-16(9-4-14)19(20,21)22/h3-13H,1-2H3,(H2,23,26,27)/b12-5+. The number of carbonyl (C=O) groups excluding carboxylic acids is 1. The van der Waals surface area contributed by atoms with E-state index in [4.69, 9.17) is 5.14 Å². The van der Waals surface area contributed by atoms with E-state index in [1.165, 1.54) is 41.3 Å². The quantitative estimate of drug-likeness (QED) is 0.763. The number of hydrogen-bond donors (Lipinski definition) is 1. The maximum absolute atomic E-state index is 12.6. The fourth-order valence-electron chi connectivity index (χ4n) is 2.42. The molecule has 0 spiro atoms. The van der Waals surface area contributed by atoms with Crippen LogP contribution in [-0.2, 0) is 21.0 Å². The van der Waals surface area contributed by atoms with Gasteiger partial charge in [0.1, 0.15) is 0 Å². The topological polar surface area (TPSA) is 80.5 Å². The van der Waals surface area contributed by atoms with Crippen LogP contribution in [0.2, 0.25) is 0 Å². The number of halogens is 3. The summed E-state index contributed by atoms with van der Waals surface area (Å²) >= 11 is 0. The van der Waals surface area contributed by atoms with E-state index in [9.17, 15) is 26.4 Å². The minimum atomic E-state index is -4.41. The van der Waals surface area contributed by atoms with Crippen molar-refractivity contribution in [1.29, 1.82) is 0 Å². The van der Waals surface area contributed by atoms with Crippen LogP contribution >= 0.6 is 0 Å². The summed E-state index contributed by atoms with van der Waals surface area (Å²) in [7, 11) is -2.23. The molecule has 0 aromatic heterocycles. The fourth-order valence-corrected chi connectivity index (χ4v) is 2.93. The van der Waals surface area contributed by atoms with E-state index in [1.54, 1.807) is 26.1 Å². The van der Waals surface area contributed by atoms with Crippen LogP contribution in [0.5, 0.6) is 0 Å². The molecule has 9 heteroatoms. The third kappa shape index (κ3) is 5.43. The zero-order valence-electron chi connectivity index (χ0n) is 15.1. The van der Waals surface area contributed by atoms with Gasteiger partial charge in [-0.05, 0) is 48.4 Å². The van der Waals surface area contributed by atoms with Crippen LogP contribution in [0, 0.1) is 0 Å². The molecule has 0 saturated heterocycles. The molecule has 2 rings (SSSR count). The van der Waals surface area contributed by atoms with Gasteiger partial charge >= 0.3 is 6.18 Å². The van der Waals surface area contributed by atoms with E-state index < -0.39 is 21.8 Å². The molecule has 0 fully saturated rings. The molecule has 1 atom stereocenters. The van der Waals surface area contributed by atoms with Crippen LogP contribution in [0.1, 0.15) is 29.7 Å². The second-order valence-electron chi connectivity index (χ2n) is 6.19. The Hall–Kier alpha value is -2.65. The van der Waals surface area contributed by atoms with Gasteiger partial charge in [0.15, 0.2) is 0 Å². The predicted molar refractivity (Wildman–Crippen MR) is 99.5 cm³/mol. The lowest BCUT2D eigenvalue weighted by atomic mass is 10.1. The van der Waals surface area contributed by atoms with Gasteiger partial charge in [-0.1, -0.05) is 24.3 Å². The number of primary sulfonamides is 1. The van der Waals surface area contributed by atoms with Crippen LogP contribution in [0.4, 0.5) is 13.2 Å². The summed E-state index contributed by atoms with van der Waals surface area (Å²) in [6, 6.07) is 9.94. The second-order valence-corrected chi connectivity index (χ2v) is 7.75. The highest BCUT2D eigenvalue weighted by Crippen LogP contribution is 2.29. The van der Waals surface area contributed by atoms with Gasteiger partial charge < -0.3 is 4.90 Å². The van der Waals surface area contributed by atoms with Crippen molar-refractivity contribution >= 4 is 22.0 Å². The molecule has 0 heterocycles. The summed E-state index contributed by atoms with van der Waals surface area (Å²) in [5, 5.41) is 5.06. The first-order valence-corrected chi connectivity index (χ1v) is 9.69. The Balaban J connectivity index is 2.08. The monoisotopic (exact) mass is 412 g/mol. The SMILES string of the molecule is CC(c1ccc(S(N)(=O)=O)cc1)N(C)C(=O)/C=C/c1ccc(C(F)(F)F)cc1. The second kappa shape index (κ2) is 8.15. The highest BCUT2D eigenvalue weighted by atomic mass is 32.2. The number of sulfonamides is 1. The first-order chi connectivity index (χ1) is 12.9. The molecule has 0 radical (unpaired) electrons. The maximum atomic E-state index is 12.6. The Morgan fingerprint density at radius 3 is 2.07 bits per heavy atom. The van der Waals surface area contributed by atoms with Crippen molar-refractivity contribution in [2.45, 2.75) is 24.0 Å². The number of amides is 1. The number of alkyl halides is 3. The molecular weight excluding hydrogens is 393 g/mol. The largest absolute Gasteiger partial charge is 0.416 e. The first-order valence-electron chi connectivity index (χ1n) is 8.14. The lowest BCUT2D eigenvalue weighted by molar-refractivity contribution is -0.137. The number of carbonyl (C=O) groups is 1. The van der Waals surface area contributed by atoms with Crippen molar-refractivity contribution in [3.8, 4) is 0 Å². The lowest BCUT2D eigenvalue weighted by Crippen LogP contribution is -2.28. The lowest BCUT2D eigenvalue weighted by Gasteiger charge is -2.24. The number of nitrogens with zero attached hydrogens (tertiary/aromatic N) is 1. The van der Waals surface area contributed by atoms with Gasteiger partial charge in [0.2, 0.25) is 15.9 Å². The number of nitrogens with two attached hydrogens (primary N) is 1. The summed E-state index contributed by atoms with van der Waals surface area (Å²) in [6.45, 7) is 1.76. The molecule has 0 saturated carbocycles. The van der Waals surface area contributed by atoms with Gasteiger partial charge in [-0.2, -0.15) is 13.2 Å². The molecule has 1 unspecified atom stereocenters. The van der Waals surface area contributed by atoms with Gasteiger partial charge in [0, 0.05) is 13.1 Å². The molecule has 5 nitrogen and oxygen atoms in total. The van der Waals surface area contributed by atoms with Gasteiger partial charge in [-0.15, -0.1) is 0 Å². The van der Waals surface area contributed by atoms with E-state index in [0.717, 1.165) is 12.1 Å². The molecule has 0 aliphatic heterocycles. The summed E-state index contributed by atoms with van der Waals surface area (Å²) in [5.74, 6) is -0.358. The van der Waals surface area contributed by atoms with E-state index in [0.29, 0.717) is 11.1 Å². The third-order valence-corrected chi connectivity index (χ3v) is 5.21. The van der Waals surface area contributed by atoms with Gasteiger partial charge in [0.05, 0.1) is 16.5 Å². The molecular formula is C19H19F3N2O3S. The average Bonchev–Trinajstić information content (AvgIpc) is 2.64. The first kappa shape index (κ1) is 21.6. The van der Waals surface area contributed by atoms with Gasteiger partial charge in [0.25, 0.3) is 0 Å². The minimum absolute atomic E-state index is 0.0281. The normalized spacial score (nSPS) is 13.5. The number of rotatable bonds is 5. The van der Waals surface area contributed by atoms with Crippen LogP contribution in [0.25, 0.3) is 6.08 Å². The molecule has 0 bridgehead atoms. The maximum Gasteiger partial charge on any atom is 0.416 e. The Morgan fingerprint density at radius 2 is 1.61 bits per heavy atom. The van der Waals surface area contributed by atoms with E-state index in [1.807, 2.05) is 0 Å². The van der Waals surface area contributed by atoms with E-state index >= 15 is 0 Å². The smallest absolute Gasteiger partial charge is 0.335 e. The summed E-state index contributed by atoms with van der Waals surface area (Å²) < 4.78 is 60.3. The van der Waals surface area contributed by atoms with Crippen LogP contribution in [0.15, 0.2) is 59.5 Å². The zero-order valence-corrected chi connectivity index (χ0v) is 16.0. The number of likely N-dealkylation sites (N-methyl/N-ethyl adjacent to an activating group) is 1. The van der Waals surface area contributed by atoms with Gasteiger partial charge in [-0.25, -0.2) is 13.6 Å². The summed E-state index contributed by atoms with van der Waals surface area (Å²) in [6.07, 6.45) is -1.72. The molecule has 2 aromatic carbocycles. The molecule has 2 N–H and O–H groups in total. The third-order valence-electron chi connectivity index (χ3n) is 4.28. The molecule has 150 valence electrons. The van der Waals surface area contributed by atoms with Crippen molar-refractivity contribution in [3.63, 3.8) is 0 Å². The van der Waals surface area contributed by atoms with E-state index in [2.05, 4.69) is 0 Å². The van der Waals surface area contributed by atoms with Crippen LogP contribution in [0.3, 0.4) is 0 Å². The van der Waals surface area contributed by atoms with E-state index in [-0.39, 0.29) is 16.8 Å². The molecule has 28 heavy (non-hydrogen) atoms. The van der Waals surface area contributed by atoms with Crippen molar-refractivity contribution in [3.05, 3.63) is 71.3 Å². The zero-order chi connectivity index (χ0) is 21.1. The van der Waals surface area contributed by atoms with Crippen molar-refractivity contribution in [2.24, 2.45) is 5.14 Å². The van der Waals surface area contributed by atoms with Crippen molar-refractivity contribution < 1.29 is 26.4 Å².